The minimum absolute atomic E-state index is 0.0763. The Morgan fingerprint density at radius 3 is 2.25 bits per heavy atom. The molecule has 4 nitrogen and oxygen atoms in total. The van der Waals surface area contributed by atoms with E-state index in [4.69, 9.17) is 5.73 Å². The molecule has 0 aromatic rings. The van der Waals surface area contributed by atoms with E-state index in [1.54, 1.807) is 0 Å². The first-order valence-electron chi connectivity index (χ1n) is 9.98. The van der Waals surface area contributed by atoms with Gasteiger partial charge in [0.15, 0.2) is 0 Å². The predicted octanol–water partition coefficient (Wildman–Crippen LogP) is 2.76. The molecule has 1 heterocycles. The second-order valence-electron chi connectivity index (χ2n) is 8.25. The Hall–Kier alpha value is -0.260. The number of amides is 1. The van der Waals surface area contributed by atoms with Crippen LogP contribution >= 0.6 is 11.8 Å². The topological polar surface area (TPSA) is 58.4 Å². The highest BCUT2D eigenvalue weighted by molar-refractivity contribution is 7.99. The van der Waals surface area contributed by atoms with Gasteiger partial charge in [-0.2, -0.15) is 11.8 Å². The van der Waals surface area contributed by atoms with Crippen molar-refractivity contribution in [3.63, 3.8) is 0 Å². The van der Waals surface area contributed by atoms with Crippen molar-refractivity contribution in [2.75, 3.05) is 37.7 Å². The van der Waals surface area contributed by atoms with Gasteiger partial charge in [-0.1, -0.05) is 32.1 Å². The summed E-state index contributed by atoms with van der Waals surface area (Å²) in [7, 11) is 0. The van der Waals surface area contributed by atoms with Gasteiger partial charge in [0.2, 0.25) is 5.91 Å². The van der Waals surface area contributed by atoms with Crippen LogP contribution in [0.2, 0.25) is 0 Å². The molecule has 5 heteroatoms. The molecule has 0 atom stereocenters. The summed E-state index contributed by atoms with van der Waals surface area (Å²) in [5, 5.41) is 3.33. The normalized spacial score (nSPS) is 27.0. The summed E-state index contributed by atoms with van der Waals surface area (Å²) in [5.41, 5.74) is 6.37. The van der Waals surface area contributed by atoms with Gasteiger partial charge in [-0.15, -0.1) is 0 Å². The minimum Gasteiger partial charge on any atom is -0.354 e. The molecule has 0 aromatic carbocycles. The van der Waals surface area contributed by atoms with Crippen LogP contribution in [0.15, 0.2) is 0 Å². The lowest BCUT2D eigenvalue weighted by Gasteiger charge is -2.44. The predicted molar refractivity (Wildman–Crippen MR) is 102 cm³/mol. The molecule has 0 aromatic heterocycles. The molecule has 0 bridgehead atoms. The summed E-state index contributed by atoms with van der Waals surface area (Å²) in [6, 6.07) is 0. The number of nitrogens with one attached hydrogen (secondary N) is 1. The average molecular weight is 354 g/mol. The standard InChI is InChI=1S/C19H35N3OS/c20-15-18(6-2-1-3-7-18)14-17(23)21-16-19(8-4-5-9-19)22-10-12-24-13-11-22/h1-16,20H2,(H,21,23). The summed E-state index contributed by atoms with van der Waals surface area (Å²) in [4.78, 5) is 15.3. The largest absolute Gasteiger partial charge is 0.354 e. The maximum atomic E-state index is 12.7. The van der Waals surface area contributed by atoms with E-state index in [0.29, 0.717) is 13.0 Å². The van der Waals surface area contributed by atoms with Gasteiger partial charge in [0.05, 0.1) is 0 Å². The van der Waals surface area contributed by atoms with E-state index < -0.39 is 0 Å². The fraction of sp³-hybridized carbons (Fsp3) is 0.947. The number of thioether (sulfide) groups is 1. The summed E-state index contributed by atoms with van der Waals surface area (Å²) >= 11 is 2.06. The van der Waals surface area contributed by atoms with E-state index in [0.717, 1.165) is 19.4 Å². The van der Waals surface area contributed by atoms with Crippen LogP contribution in [0, 0.1) is 5.41 Å². The van der Waals surface area contributed by atoms with Crippen LogP contribution in [-0.4, -0.2) is 54.0 Å². The molecule has 138 valence electrons. The van der Waals surface area contributed by atoms with Gasteiger partial charge in [-0.25, -0.2) is 0 Å². The molecule has 0 radical (unpaired) electrons. The second-order valence-corrected chi connectivity index (χ2v) is 9.47. The smallest absolute Gasteiger partial charge is 0.220 e. The molecule has 2 saturated carbocycles. The fourth-order valence-corrected chi connectivity index (χ4v) is 6.00. The zero-order valence-electron chi connectivity index (χ0n) is 15.2. The molecule has 3 fully saturated rings. The number of carbonyl (C=O) groups excluding carboxylic acids is 1. The molecular weight excluding hydrogens is 318 g/mol. The summed E-state index contributed by atoms with van der Waals surface area (Å²) in [6.07, 6.45) is 11.8. The van der Waals surface area contributed by atoms with Crippen molar-refractivity contribution in [2.24, 2.45) is 11.1 Å². The lowest BCUT2D eigenvalue weighted by molar-refractivity contribution is -0.124. The van der Waals surface area contributed by atoms with Gasteiger partial charge in [0, 0.05) is 43.1 Å². The molecule has 24 heavy (non-hydrogen) atoms. The first-order valence-corrected chi connectivity index (χ1v) is 11.1. The minimum atomic E-state index is 0.0763. The maximum absolute atomic E-state index is 12.7. The van der Waals surface area contributed by atoms with Crippen LogP contribution in [0.3, 0.4) is 0 Å². The van der Waals surface area contributed by atoms with E-state index in [1.165, 1.54) is 69.5 Å². The quantitative estimate of drug-likeness (QED) is 0.771. The first kappa shape index (κ1) is 18.5. The molecule has 3 N–H and O–H groups in total. The van der Waals surface area contributed by atoms with E-state index in [-0.39, 0.29) is 16.9 Å². The Kier molecular flexibility index (Phi) is 6.50. The van der Waals surface area contributed by atoms with Crippen LogP contribution in [0.4, 0.5) is 0 Å². The second kappa shape index (κ2) is 8.41. The highest BCUT2D eigenvalue weighted by Gasteiger charge is 2.40. The highest BCUT2D eigenvalue weighted by Crippen LogP contribution is 2.39. The van der Waals surface area contributed by atoms with Crippen molar-refractivity contribution in [2.45, 2.75) is 69.7 Å². The SMILES string of the molecule is NCC1(CC(=O)NCC2(N3CCSCC3)CCCC2)CCCCC1. The monoisotopic (exact) mass is 353 g/mol. The van der Waals surface area contributed by atoms with Crippen molar-refractivity contribution in [3.05, 3.63) is 0 Å². The van der Waals surface area contributed by atoms with Gasteiger partial charge >= 0.3 is 0 Å². The fourth-order valence-electron chi connectivity index (χ4n) is 5.10. The van der Waals surface area contributed by atoms with Gasteiger partial charge in [-0.3, -0.25) is 9.69 Å². The number of rotatable bonds is 6. The van der Waals surface area contributed by atoms with E-state index in [9.17, 15) is 4.79 Å². The Bertz CT molecular complexity index is 411. The molecule has 1 aliphatic heterocycles. The molecule has 0 spiro atoms. The third-order valence-electron chi connectivity index (χ3n) is 6.71. The number of hydrogen-bond donors (Lipinski definition) is 2. The first-order chi connectivity index (χ1) is 11.7. The molecule has 1 saturated heterocycles. The van der Waals surface area contributed by atoms with E-state index in [1.807, 2.05) is 0 Å². The Morgan fingerprint density at radius 1 is 1.00 bits per heavy atom. The number of hydrogen-bond acceptors (Lipinski definition) is 4. The molecule has 2 aliphatic carbocycles. The van der Waals surface area contributed by atoms with Gasteiger partial charge in [0.1, 0.15) is 0 Å². The average Bonchev–Trinajstić information content (AvgIpc) is 3.12. The summed E-state index contributed by atoms with van der Waals surface area (Å²) < 4.78 is 0. The molecule has 3 rings (SSSR count). The van der Waals surface area contributed by atoms with Crippen LogP contribution in [0.25, 0.3) is 0 Å². The summed E-state index contributed by atoms with van der Waals surface area (Å²) in [6.45, 7) is 3.88. The van der Waals surface area contributed by atoms with Crippen LogP contribution in [0.1, 0.15) is 64.2 Å². The lowest BCUT2D eigenvalue weighted by atomic mass is 9.71. The van der Waals surface area contributed by atoms with Crippen molar-refractivity contribution in [1.29, 1.82) is 0 Å². The third-order valence-corrected chi connectivity index (χ3v) is 7.66. The number of nitrogens with two attached hydrogens (primary N) is 1. The van der Waals surface area contributed by atoms with E-state index >= 15 is 0 Å². The molecule has 0 unspecified atom stereocenters. The zero-order valence-corrected chi connectivity index (χ0v) is 16.0. The number of carbonyl (C=O) groups is 1. The third kappa shape index (κ3) is 4.28. The van der Waals surface area contributed by atoms with Crippen LogP contribution in [0.5, 0.6) is 0 Å². The van der Waals surface area contributed by atoms with E-state index in [2.05, 4.69) is 22.0 Å². The van der Waals surface area contributed by atoms with Gasteiger partial charge in [0.25, 0.3) is 0 Å². The van der Waals surface area contributed by atoms with Crippen molar-refractivity contribution < 1.29 is 4.79 Å². The highest BCUT2D eigenvalue weighted by atomic mass is 32.2. The van der Waals surface area contributed by atoms with Crippen molar-refractivity contribution in [3.8, 4) is 0 Å². The Labute approximate surface area is 151 Å². The molecular formula is C19H35N3OS. The summed E-state index contributed by atoms with van der Waals surface area (Å²) in [5.74, 6) is 2.72. The van der Waals surface area contributed by atoms with Crippen LogP contribution < -0.4 is 11.1 Å². The molecule has 1 amide bonds. The van der Waals surface area contributed by atoms with Crippen LogP contribution in [-0.2, 0) is 4.79 Å². The van der Waals surface area contributed by atoms with Gasteiger partial charge < -0.3 is 11.1 Å². The van der Waals surface area contributed by atoms with Gasteiger partial charge in [-0.05, 0) is 37.6 Å². The number of nitrogens with zero attached hydrogens (tertiary/aromatic N) is 1. The molecule has 3 aliphatic rings. The maximum Gasteiger partial charge on any atom is 0.220 e. The van der Waals surface area contributed by atoms with Crippen molar-refractivity contribution in [1.82, 2.24) is 10.2 Å². The Morgan fingerprint density at radius 2 is 1.62 bits per heavy atom. The zero-order chi connectivity index (χ0) is 16.9. The van der Waals surface area contributed by atoms with Crippen molar-refractivity contribution >= 4 is 17.7 Å². The Balaban J connectivity index is 1.55. The lowest BCUT2D eigenvalue weighted by Crippen LogP contribution is -2.56.